The van der Waals surface area contributed by atoms with Crippen LogP contribution in [0.2, 0.25) is 0 Å². The number of carboxylic acid groups (broad SMARTS) is 1. The second kappa shape index (κ2) is 48.1. The van der Waals surface area contributed by atoms with Gasteiger partial charge in [-0.25, -0.2) is 4.79 Å². The van der Waals surface area contributed by atoms with Crippen molar-refractivity contribution in [3.05, 3.63) is 12.2 Å². The molecule has 2 atom stereocenters. The van der Waals surface area contributed by atoms with Gasteiger partial charge >= 0.3 is 11.9 Å². The van der Waals surface area contributed by atoms with Gasteiger partial charge in [-0.05, 0) is 83.6 Å². The van der Waals surface area contributed by atoms with Crippen molar-refractivity contribution in [1.82, 2.24) is 5.32 Å². The maximum atomic E-state index is 12.9. The Morgan fingerprint density at radius 1 is 0.467 bits per heavy atom. The third-order valence-corrected chi connectivity index (χ3v) is 12.3. The monoisotopic (exact) mass is 847 g/mol. The van der Waals surface area contributed by atoms with Crippen molar-refractivity contribution in [1.29, 1.82) is 0 Å². The lowest BCUT2D eigenvalue weighted by Crippen LogP contribution is -2.40. The standard InChI is InChI=1S/C53H102N2O5/c1-3-5-7-9-11-13-15-16-17-18-19-20-21-22-23-24-25-26-28-30-32-37-41-47-52(57)60-49(43-38-34-31-29-27-14-12-10-8-6-4-2)44-39-35-33-36-40-46-51(56)55-50(53(58)59)45-42-48-54/h18-19,49-50H,3-17,20-48,54H2,1-2H3,(H,55,56)(H,58,59)/b19-18-. The predicted octanol–water partition coefficient (Wildman–Crippen LogP) is 15.8. The van der Waals surface area contributed by atoms with Crippen LogP contribution >= 0.6 is 0 Å². The highest BCUT2D eigenvalue weighted by molar-refractivity contribution is 5.83. The quantitative estimate of drug-likeness (QED) is 0.0319. The summed E-state index contributed by atoms with van der Waals surface area (Å²) in [7, 11) is 0. The highest BCUT2D eigenvalue weighted by atomic mass is 16.5. The van der Waals surface area contributed by atoms with E-state index in [9.17, 15) is 19.5 Å². The molecule has 7 heteroatoms. The van der Waals surface area contributed by atoms with Crippen molar-refractivity contribution in [2.45, 2.75) is 302 Å². The second-order valence-electron chi connectivity index (χ2n) is 18.3. The zero-order chi connectivity index (χ0) is 43.8. The predicted molar refractivity (Wildman–Crippen MR) is 258 cm³/mol. The number of amides is 1. The Hall–Kier alpha value is -1.89. The number of aliphatic carboxylic acids is 1. The summed E-state index contributed by atoms with van der Waals surface area (Å²) in [5.74, 6) is -1.21. The molecule has 0 heterocycles. The summed E-state index contributed by atoms with van der Waals surface area (Å²) in [5, 5.41) is 12.0. The molecule has 0 aliphatic rings. The number of carbonyl (C=O) groups is 3. The molecule has 2 unspecified atom stereocenters. The summed E-state index contributed by atoms with van der Waals surface area (Å²) >= 11 is 0. The van der Waals surface area contributed by atoms with Crippen molar-refractivity contribution in [2.24, 2.45) is 5.73 Å². The van der Waals surface area contributed by atoms with Crippen LogP contribution in [0.1, 0.15) is 290 Å². The summed E-state index contributed by atoms with van der Waals surface area (Å²) in [6.45, 7) is 4.97. The molecule has 60 heavy (non-hydrogen) atoms. The first-order chi connectivity index (χ1) is 29.4. The van der Waals surface area contributed by atoms with Crippen molar-refractivity contribution in [2.75, 3.05) is 6.54 Å². The van der Waals surface area contributed by atoms with Gasteiger partial charge in [0.2, 0.25) is 5.91 Å². The van der Waals surface area contributed by atoms with E-state index in [1.54, 1.807) is 0 Å². The van der Waals surface area contributed by atoms with Gasteiger partial charge in [0.1, 0.15) is 12.1 Å². The minimum Gasteiger partial charge on any atom is -0.480 e. The van der Waals surface area contributed by atoms with Gasteiger partial charge in [0, 0.05) is 12.8 Å². The molecule has 0 aromatic heterocycles. The summed E-state index contributed by atoms with van der Waals surface area (Å²) in [4.78, 5) is 36.5. The number of esters is 1. The molecule has 0 saturated carbocycles. The van der Waals surface area contributed by atoms with Crippen LogP contribution in [0, 0.1) is 0 Å². The van der Waals surface area contributed by atoms with Crippen LogP contribution in [0.15, 0.2) is 12.2 Å². The summed E-state index contributed by atoms with van der Waals surface area (Å²) in [6.07, 6.45) is 55.7. The third kappa shape index (κ3) is 44.2. The zero-order valence-corrected chi connectivity index (χ0v) is 40.1. The van der Waals surface area contributed by atoms with E-state index in [4.69, 9.17) is 10.5 Å². The summed E-state index contributed by atoms with van der Waals surface area (Å²) in [6, 6.07) is -0.854. The van der Waals surface area contributed by atoms with Gasteiger partial charge in [0.25, 0.3) is 0 Å². The van der Waals surface area contributed by atoms with E-state index >= 15 is 0 Å². The number of unbranched alkanes of at least 4 members (excludes halogenated alkanes) is 33. The number of ether oxygens (including phenoxy) is 1. The Morgan fingerprint density at radius 3 is 1.20 bits per heavy atom. The molecule has 0 spiro atoms. The van der Waals surface area contributed by atoms with Crippen LogP contribution in [0.5, 0.6) is 0 Å². The fourth-order valence-corrected chi connectivity index (χ4v) is 8.33. The van der Waals surface area contributed by atoms with Gasteiger partial charge in [-0.3, -0.25) is 9.59 Å². The normalized spacial score (nSPS) is 12.6. The van der Waals surface area contributed by atoms with Gasteiger partial charge in [-0.15, -0.1) is 0 Å². The molecule has 4 N–H and O–H groups in total. The number of allylic oxidation sites excluding steroid dienone is 2. The minimum atomic E-state index is -1.000. The maximum Gasteiger partial charge on any atom is 0.326 e. The number of rotatable bonds is 49. The second-order valence-corrected chi connectivity index (χ2v) is 18.3. The van der Waals surface area contributed by atoms with E-state index in [1.807, 2.05) is 0 Å². The Bertz CT molecular complexity index is 956. The van der Waals surface area contributed by atoms with Gasteiger partial charge in [0.15, 0.2) is 0 Å². The van der Waals surface area contributed by atoms with Gasteiger partial charge in [0.05, 0.1) is 0 Å². The van der Waals surface area contributed by atoms with Crippen molar-refractivity contribution < 1.29 is 24.2 Å². The molecule has 0 aromatic carbocycles. The third-order valence-electron chi connectivity index (χ3n) is 12.3. The molecule has 354 valence electrons. The highest BCUT2D eigenvalue weighted by Gasteiger charge is 2.19. The molecule has 0 bridgehead atoms. The molecule has 0 aromatic rings. The number of hydrogen-bond donors (Lipinski definition) is 3. The molecule has 1 amide bonds. The fourth-order valence-electron chi connectivity index (χ4n) is 8.33. The van der Waals surface area contributed by atoms with E-state index < -0.39 is 12.0 Å². The molecule has 0 fully saturated rings. The number of carboxylic acids is 1. The van der Waals surface area contributed by atoms with Crippen LogP contribution in [0.4, 0.5) is 0 Å². The Balaban J connectivity index is 4.12. The number of nitrogens with one attached hydrogen (secondary N) is 1. The first-order valence-corrected chi connectivity index (χ1v) is 26.5. The Kier molecular flexibility index (Phi) is 46.6. The van der Waals surface area contributed by atoms with Crippen LogP contribution in [-0.4, -0.2) is 41.6 Å². The van der Waals surface area contributed by atoms with Gasteiger partial charge < -0.3 is 20.9 Å². The van der Waals surface area contributed by atoms with Crippen LogP contribution in [-0.2, 0) is 19.1 Å². The van der Waals surface area contributed by atoms with E-state index in [0.29, 0.717) is 32.2 Å². The molecular weight excluding hydrogens is 745 g/mol. The summed E-state index contributed by atoms with van der Waals surface area (Å²) in [5.41, 5.74) is 5.50. The first-order valence-electron chi connectivity index (χ1n) is 26.5. The lowest BCUT2D eigenvalue weighted by molar-refractivity contribution is -0.150. The van der Waals surface area contributed by atoms with Crippen molar-refractivity contribution >= 4 is 17.8 Å². The molecule has 0 saturated heterocycles. The van der Waals surface area contributed by atoms with E-state index in [1.165, 1.54) is 186 Å². The number of nitrogens with two attached hydrogens (primary N) is 1. The SMILES string of the molecule is CCCCCCCCCC/C=C\CCCCCCCCCCCCCC(=O)OC(CCCCCCCCCCCCC)CCCCCCCC(=O)NC(CCCN)C(=O)O. The van der Waals surface area contributed by atoms with E-state index in [0.717, 1.165) is 64.2 Å². The Labute approximate surface area is 372 Å². The minimum absolute atomic E-state index is 0.0146. The molecule has 0 radical (unpaired) electrons. The first kappa shape index (κ1) is 58.1. The molecule has 7 nitrogen and oxygen atoms in total. The lowest BCUT2D eigenvalue weighted by atomic mass is 10.0. The topological polar surface area (TPSA) is 119 Å². The van der Waals surface area contributed by atoms with Gasteiger partial charge in [-0.1, -0.05) is 212 Å². The van der Waals surface area contributed by atoms with Crippen LogP contribution in [0.3, 0.4) is 0 Å². The molecule has 0 aliphatic heterocycles. The number of hydrogen-bond acceptors (Lipinski definition) is 5. The lowest BCUT2D eigenvalue weighted by Gasteiger charge is -2.18. The maximum absolute atomic E-state index is 12.9. The molecule has 0 aliphatic carbocycles. The Morgan fingerprint density at radius 2 is 0.817 bits per heavy atom. The van der Waals surface area contributed by atoms with E-state index in [-0.39, 0.29) is 18.0 Å². The van der Waals surface area contributed by atoms with E-state index in [2.05, 4.69) is 31.3 Å². The van der Waals surface area contributed by atoms with Gasteiger partial charge in [-0.2, -0.15) is 0 Å². The largest absolute Gasteiger partial charge is 0.480 e. The number of carbonyl (C=O) groups excluding carboxylic acids is 2. The van der Waals surface area contributed by atoms with Crippen LogP contribution < -0.4 is 11.1 Å². The zero-order valence-electron chi connectivity index (χ0n) is 40.1. The van der Waals surface area contributed by atoms with Crippen molar-refractivity contribution in [3.8, 4) is 0 Å². The highest BCUT2D eigenvalue weighted by Crippen LogP contribution is 2.20. The van der Waals surface area contributed by atoms with Crippen LogP contribution in [0.25, 0.3) is 0 Å². The average molecular weight is 847 g/mol. The summed E-state index contributed by atoms with van der Waals surface area (Å²) < 4.78 is 6.08. The van der Waals surface area contributed by atoms with Crippen molar-refractivity contribution in [3.63, 3.8) is 0 Å². The molecule has 0 rings (SSSR count). The fraction of sp³-hybridized carbons (Fsp3) is 0.906. The molecular formula is C53H102N2O5. The average Bonchev–Trinajstić information content (AvgIpc) is 3.23. The smallest absolute Gasteiger partial charge is 0.326 e.